The van der Waals surface area contributed by atoms with Crippen LogP contribution in [0.5, 0.6) is 0 Å². The van der Waals surface area contributed by atoms with Crippen molar-refractivity contribution in [1.29, 1.82) is 0 Å². The van der Waals surface area contributed by atoms with Gasteiger partial charge in [-0.2, -0.15) is 5.12 Å². The van der Waals surface area contributed by atoms with Gasteiger partial charge in [-0.15, -0.1) is 0 Å². The minimum Gasteiger partial charge on any atom is -0.278 e. The van der Waals surface area contributed by atoms with E-state index in [1.165, 1.54) is 0 Å². The van der Waals surface area contributed by atoms with Crippen molar-refractivity contribution in [2.75, 3.05) is 16.0 Å². The first-order valence-electron chi connectivity index (χ1n) is 6.48. The summed E-state index contributed by atoms with van der Waals surface area (Å²) in [4.78, 5) is 12.6. The average molecular weight is 278 g/mol. The van der Waals surface area contributed by atoms with E-state index in [0.29, 0.717) is 11.8 Å². The number of hydrogen-bond donors (Lipinski definition) is 2. The fourth-order valence-electron chi connectivity index (χ4n) is 1.73. The molecule has 104 valence electrons. The van der Waals surface area contributed by atoms with Crippen molar-refractivity contribution in [3.05, 3.63) is 73.2 Å². The molecule has 0 bridgehead atoms. The molecule has 0 radical (unpaired) electrons. The van der Waals surface area contributed by atoms with Gasteiger partial charge in [-0.1, -0.05) is 24.3 Å². The Kier molecular flexibility index (Phi) is 3.88. The van der Waals surface area contributed by atoms with Gasteiger partial charge in [-0.05, 0) is 30.3 Å². The lowest BCUT2D eigenvalue weighted by Gasteiger charge is -2.25. The fourth-order valence-corrected chi connectivity index (χ4v) is 1.73. The molecule has 0 saturated heterocycles. The van der Waals surface area contributed by atoms with Crippen molar-refractivity contribution in [3.8, 4) is 0 Å². The second-order valence-electron chi connectivity index (χ2n) is 4.19. The fraction of sp³-hybridized carbons (Fsp3) is 0. The first-order valence-corrected chi connectivity index (χ1v) is 6.48. The minimum atomic E-state index is 0.478. The van der Waals surface area contributed by atoms with Crippen molar-refractivity contribution in [3.63, 3.8) is 0 Å². The van der Waals surface area contributed by atoms with Crippen LogP contribution < -0.4 is 16.0 Å². The van der Waals surface area contributed by atoms with Gasteiger partial charge in [-0.3, -0.25) is 5.43 Å². The molecule has 2 heterocycles. The number of pyridine rings is 1. The van der Waals surface area contributed by atoms with Crippen molar-refractivity contribution >= 4 is 17.5 Å². The molecule has 0 fully saturated rings. The molecule has 6 heteroatoms. The summed E-state index contributed by atoms with van der Waals surface area (Å²) in [7, 11) is 0. The van der Waals surface area contributed by atoms with Gasteiger partial charge in [0, 0.05) is 18.6 Å². The predicted molar refractivity (Wildman–Crippen MR) is 82.4 cm³/mol. The first kappa shape index (κ1) is 12.9. The van der Waals surface area contributed by atoms with Crippen LogP contribution in [0.2, 0.25) is 0 Å². The molecule has 3 rings (SSSR count). The van der Waals surface area contributed by atoms with Gasteiger partial charge in [0.25, 0.3) is 0 Å². The number of hydrogen-bond acceptors (Lipinski definition) is 6. The second-order valence-corrected chi connectivity index (χ2v) is 4.19. The predicted octanol–water partition coefficient (Wildman–Crippen LogP) is 2.73. The maximum absolute atomic E-state index is 4.32. The third-order valence-electron chi connectivity index (χ3n) is 2.67. The lowest BCUT2D eigenvalue weighted by Crippen LogP contribution is -2.37. The first-order chi connectivity index (χ1) is 10.4. The third-order valence-corrected chi connectivity index (χ3v) is 2.67. The van der Waals surface area contributed by atoms with Gasteiger partial charge in [0.05, 0.1) is 5.69 Å². The molecule has 0 atom stereocenters. The van der Waals surface area contributed by atoms with E-state index in [9.17, 15) is 0 Å². The molecule has 21 heavy (non-hydrogen) atoms. The van der Waals surface area contributed by atoms with Crippen LogP contribution >= 0.6 is 0 Å². The smallest absolute Gasteiger partial charge is 0.243 e. The maximum atomic E-state index is 4.32. The van der Waals surface area contributed by atoms with E-state index < -0.39 is 0 Å². The van der Waals surface area contributed by atoms with Crippen molar-refractivity contribution in [2.45, 2.75) is 0 Å². The van der Waals surface area contributed by atoms with Crippen LogP contribution in [0.1, 0.15) is 0 Å². The Labute approximate surface area is 122 Å². The molecule has 0 aliphatic rings. The maximum Gasteiger partial charge on any atom is 0.243 e. The van der Waals surface area contributed by atoms with Gasteiger partial charge in [0.1, 0.15) is 0 Å². The molecule has 2 N–H and O–H groups in total. The van der Waals surface area contributed by atoms with E-state index in [2.05, 4.69) is 25.8 Å². The van der Waals surface area contributed by atoms with Crippen LogP contribution in [0.25, 0.3) is 0 Å². The van der Waals surface area contributed by atoms with E-state index >= 15 is 0 Å². The number of hydrazine groups is 2. The van der Waals surface area contributed by atoms with Crippen molar-refractivity contribution < 1.29 is 0 Å². The number of nitrogens with zero attached hydrogens (tertiary/aromatic N) is 4. The SMILES string of the molecule is c1ccc(NN(Nc2ncccn2)c2ccccn2)cc1. The molecule has 0 saturated carbocycles. The minimum absolute atomic E-state index is 0.478. The number of anilines is 3. The molecule has 6 nitrogen and oxygen atoms in total. The van der Waals surface area contributed by atoms with E-state index in [4.69, 9.17) is 0 Å². The summed E-state index contributed by atoms with van der Waals surface area (Å²) in [5, 5.41) is 1.67. The van der Waals surface area contributed by atoms with Gasteiger partial charge >= 0.3 is 0 Å². The number of para-hydroxylation sites is 1. The lowest BCUT2D eigenvalue weighted by molar-refractivity contribution is 0.975. The van der Waals surface area contributed by atoms with E-state index in [1.54, 1.807) is 29.8 Å². The normalized spacial score (nSPS) is 9.90. The summed E-state index contributed by atoms with van der Waals surface area (Å²) in [5.74, 6) is 1.18. The monoisotopic (exact) mass is 278 g/mol. The Hall–Kier alpha value is -3.15. The van der Waals surface area contributed by atoms with E-state index in [-0.39, 0.29) is 0 Å². The van der Waals surface area contributed by atoms with E-state index in [0.717, 1.165) is 5.69 Å². The van der Waals surface area contributed by atoms with Gasteiger partial charge in [-0.25, -0.2) is 20.4 Å². The zero-order valence-corrected chi connectivity index (χ0v) is 11.2. The zero-order valence-electron chi connectivity index (χ0n) is 11.2. The highest BCUT2D eigenvalue weighted by atomic mass is 15.7. The number of aromatic nitrogens is 3. The molecule has 0 amide bonds. The molecule has 0 spiro atoms. The van der Waals surface area contributed by atoms with Crippen LogP contribution in [0.4, 0.5) is 17.5 Å². The van der Waals surface area contributed by atoms with Gasteiger partial charge < -0.3 is 0 Å². The summed E-state index contributed by atoms with van der Waals surface area (Å²) in [6, 6.07) is 17.2. The number of benzene rings is 1. The largest absolute Gasteiger partial charge is 0.278 e. The molecular formula is C15H14N6. The lowest BCUT2D eigenvalue weighted by atomic mass is 10.3. The molecule has 0 aliphatic carbocycles. The van der Waals surface area contributed by atoms with Crippen LogP contribution in [-0.2, 0) is 0 Å². The molecule has 2 aromatic heterocycles. The molecular weight excluding hydrogens is 264 g/mol. The van der Waals surface area contributed by atoms with Crippen LogP contribution in [0.15, 0.2) is 73.2 Å². The number of rotatable bonds is 5. The summed E-state index contributed by atoms with van der Waals surface area (Å²) < 4.78 is 0. The van der Waals surface area contributed by atoms with Crippen LogP contribution in [-0.4, -0.2) is 15.0 Å². The Balaban J connectivity index is 1.84. The quantitative estimate of drug-likeness (QED) is 0.700. The Morgan fingerprint density at radius 1 is 0.667 bits per heavy atom. The van der Waals surface area contributed by atoms with Crippen molar-refractivity contribution in [1.82, 2.24) is 15.0 Å². The van der Waals surface area contributed by atoms with Crippen LogP contribution in [0, 0.1) is 0 Å². The second kappa shape index (κ2) is 6.33. The number of nitrogens with one attached hydrogen (secondary N) is 2. The highest BCUT2D eigenvalue weighted by Gasteiger charge is 2.08. The Bertz CT molecular complexity index is 618. The summed E-state index contributed by atoms with van der Waals surface area (Å²) in [6.45, 7) is 0. The highest BCUT2D eigenvalue weighted by molar-refractivity contribution is 5.54. The molecule has 1 aromatic carbocycles. The summed E-state index contributed by atoms with van der Waals surface area (Å²) in [6.07, 6.45) is 5.07. The molecule has 0 aliphatic heterocycles. The Morgan fingerprint density at radius 2 is 1.38 bits per heavy atom. The van der Waals surface area contributed by atoms with Crippen LogP contribution in [0.3, 0.4) is 0 Å². The molecule has 0 unspecified atom stereocenters. The van der Waals surface area contributed by atoms with Gasteiger partial charge in [0.15, 0.2) is 5.82 Å². The van der Waals surface area contributed by atoms with Gasteiger partial charge in [0.2, 0.25) is 5.95 Å². The standard InChI is InChI=1S/C15H14N6/c1-2-7-13(8-3-1)19-21(14-9-4-5-10-16-14)20-15-17-11-6-12-18-15/h1-12,19H,(H,17,18,20). The Morgan fingerprint density at radius 3 is 2.10 bits per heavy atom. The van der Waals surface area contributed by atoms with Crippen molar-refractivity contribution in [2.24, 2.45) is 0 Å². The average Bonchev–Trinajstić information content (AvgIpc) is 2.57. The van der Waals surface area contributed by atoms with E-state index in [1.807, 2.05) is 48.5 Å². The highest BCUT2D eigenvalue weighted by Crippen LogP contribution is 2.14. The topological polar surface area (TPSA) is 66.0 Å². The third kappa shape index (κ3) is 3.44. The summed E-state index contributed by atoms with van der Waals surface area (Å²) >= 11 is 0. The molecule has 3 aromatic rings. The summed E-state index contributed by atoms with van der Waals surface area (Å²) in [5.41, 5.74) is 7.23. The zero-order chi connectivity index (χ0) is 14.3.